The summed E-state index contributed by atoms with van der Waals surface area (Å²) in [5.41, 5.74) is 1.58. The van der Waals surface area contributed by atoms with Crippen LogP contribution in [0.1, 0.15) is 46.0 Å². The van der Waals surface area contributed by atoms with Gasteiger partial charge in [-0.05, 0) is 32.1 Å². The van der Waals surface area contributed by atoms with Gasteiger partial charge in [0.25, 0.3) is 0 Å². The Kier molecular flexibility index (Phi) is 11.5. The number of rotatable bonds is 2. The van der Waals surface area contributed by atoms with E-state index in [1.54, 1.807) is 5.48 Å². The molecule has 6 heteroatoms. The Labute approximate surface area is 126 Å². The smallest absolute Gasteiger partial charge is 0.244 e. The summed E-state index contributed by atoms with van der Waals surface area (Å²) in [6.07, 6.45) is 8.63. The number of hydroxylamine groups is 1. The average Bonchev–Trinajstić information content (AvgIpc) is 2.45. The fourth-order valence-electron chi connectivity index (χ4n) is 2.09. The minimum Gasteiger partial charge on any atom is -0.380 e. The molecule has 1 unspecified atom stereocenters. The number of ether oxygens (including phenoxy) is 1. The van der Waals surface area contributed by atoms with E-state index in [1.807, 2.05) is 6.08 Å². The van der Waals surface area contributed by atoms with Crippen LogP contribution in [0, 0.1) is 5.92 Å². The van der Waals surface area contributed by atoms with Crippen LogP contribution in [0.25, 0.3) is 0 Å². The van der Waals surface area contributed by atoms with E-state index >= 15 is 0 Å². The average molecular weight is 300 g/mol. The lowest BCUT2D eigenvalue weighted by molar-refractivity contribution is -0.135. The van der Waals surface area contributed by atoms with Crippen molar-refractivity contribution in [1.82, 2.24) is 10.8 Å². The second-order valence-electron chi connectivity index (χ2n) is 4.88. The number of carbonyl (C=O) groups is 2. The van der Waals surface area contributed by atoms with Gasteiger partial charge in [0.1, 0.15) is 0 Å². The first-order valence-corrected chi connectivity index (χ1v) is 7.17. The van der Waals surface area contributed by atoms with E-state index in [2.05, 4.69) is 11.4 Å². The molecule has 0 aromatic carbocycles. The molecule has 0 aliphatic carbocycles. The van der Waals surface area contributed by atoms with Crippen LogP contribution in [0.4, 0.5) is 0 Å². The van der Waals surface area contributed by atoms with E-state index in [0.29, 0.717) is 26.2 Å². The Hall–Kier alpha value is -1.40. The maximum atomic E-state index is 12.0. The molecule has 1 aliphatic heterocycles. The molecule has 122 valence electrons. The zero-order chi connectivity index (χ0) is 14.6. The van der Waals surface area contributed by atoms with Crippen LogP contribution in [0.15, 0.2) is 12.2 Å². The van der Waals surface area contributed by atoms with Crippen molar-refractivity contribution in [2.75, 3.05) is 19.8 Å². The highest BCUT2D eigenvalue weighted by molar-refractivity contribution is 5.85. The Bertz CT molecular complexity index is 332. The Morgan fingerprint density at radius 1 is 1.33 bits per heavy atom. The van der Waals surface area contributed by atoms with Crippen LogP contribution in [0.2, 0.25) is 0 Å². The van der Waals surface area contributed by atoms with Gasteiger partial charge in [-0.3, -0.25) is 14.8 Å². The molecule has 0 radical (unpaired) electrons. The van der Waals surface area contributed by atoms with Crippen molar-refractivity contribution >= 4 is 11.8 Å². The zero-order valence-corrected chi connectivity index (χ0v) is 11.8. The third-order valence-electron chi connectivity index (χ3n) is 3.23. The first-order valence-electron chi connectivity index (χ1n) is 7.17. The summed E-state index contributed by atoms with van der Waals surface area (Å²) < 4.78 is 5.41. The SMILES string of the molecule is C.O=C(CC1CCC=CCCCCOCCNC1=O)NO. The molecule has 0 aromatic heterocycles. The third kappa shape index (κ3) is 9.20. The number of amides is 2. The van der Waals surface area contributed by atoms with Gasteiger partial charge in [0.15, 0.2) is 0 Å². The summed E-state index contributed by atoms with van der Waals surface area (Å²) >= 11 is 0. The van der Waals surface area contributed by atoms with Crippen molar-refractivity contribution < 1.29 is 19.5 Å². The molecule has 2 amide bonds. The molecule has 0 aromatic rings. The Morgan fingerprint density at radius 3 is 2.86 bits per heavy atom. The normalized spacial score (nSPS) is 21.6. The van der Waals surface area contributed by atoms with Gasteiger partial charge in [0, 0.05) is 25.5 Å². The molecule has 0 saturated heterocycles. The molecule has 0 fully saturated rings. The van der Waals surface area contributed by atoms with E-state index in [1.165, 1.54) is 0 Å². The van der Waals surface area contributed by atoms with Crippen LogP contribution >= 0.6 is 0 Å². The van der Waals surface area contributed by atoms with E-state index in [-0.39, 0.29) is 19.8 Å². The highest BCUT2D eigenvalue weighted by atomic mass is 16.5. The largest absolute Gasteiger partial charge is 0.380 e. The first-order chi connectivity index (χ1) is 9.74. The summed E-state index contributed by atoms with van der Waals surface area (Å²) in [5, 5.41) is 11.3. The van der Waals surface area contributed by atoms with Gasteiger partial charge >= 0.3 is 0 Å². The van der Waals surface area contributed by atoms with Crippen LogP contribution in [-0.2, 0) is 14.3 Å². The summed E-state index contributed by atoms with van der Waals surface area (Å²) in [6.45, 7) is 1.65. The topological polar surface area (TPSA) is 87.7 Å². The van der Waals surface area contributed by atoms with Gasteiger partial charge in [-0.15, -0.1) is 0 Å². The Balaban J connectivity index is 0.00000400. The second kappa shape index (κ2) is 12.3. The number of nitrogens with one attached hydrogen (secondary N) is 2. The van der Waals surface area contributed by atoms with Crippen molar-refractivity contribution in [3.05, 3.63) is 12.2 Å². The molecule has 21 heavy (non-hydrogen) atoms. The zero-order valence-electron chi connectivity index (χ0n) is 11.8. The van der Waals surface area contributed by atoms with Crippen molar-refractivity contribution in [3.8, 4) is 0 Å². The fraction of sp³-hybridized carbons (Fsp3) is 0.733. The van der Waals surface area contributed by atoms with Crippen LogP contribution in [0.3, 0.4) is 0 Å². The monoisotopic (exact) mass is 300 g/mol. The number of carbonyl (C=O) groups excluding carboxylic acids is 2. The molecule has 0 bridgehead atoms. The lowest BCUT2D eigenvalue weighted by Gasteiger charge is -2.15. The summed E-state index contributed by atoms with van der Waals surface area (Å²) in [5.74, 6) is -1.12. The van der Waals surface area contributed by atoms with Crippen molar-refractivity contribution in [2.45, 2.75) is 46.0 Å². The van der Waals surface area contributed by atoms with Crippen molar-refractivity contribution in [2.24, 2.45) is 5.92 Å². The van der Waals surface area contributed by atoms with Gasteiger partial charge in [-0.25, -0.2) is 5.48 Å². The highest BCUT2D eigenvalue weighted by Gasteiger charge is 2.20. The number of hydrogen-bond acceptors (Lipinski definition) is 4. The van der Waals surface area contributed by atoms with E-state index < -0.39 is 11.8 Å². The number of allylic oxidation sites excluding steroid dienone is 2. The maximum absolute atomic E-state index is 12.0. The minimum absolute atomic E-state index is 0. The third-order valence-corrected chi connectivity index (χ3v) is 3.23. The quantitative estimate of drug-likeness (QED) is 0.412. The molecule has 1 aliphatic rings. The molecule has 3 N–H and O–H groups in total. The first kappa shape index (κ1) is 19.6. The molecule has 1 heterocycles. The van der Waals surface area contributed by atoms with E-state index in [4.69, 9.17) is 9.94 Å². The highest BCUT2D eigenvalue weighted by Crippen LogP contribution is 2.13. The molecule has 1 rings (SSSR count). The molecule has 6 nitrogen and oxygen atoms in total. The lowest BCUT2D eigenvalue weighted by atomic mass is 9.97. The molecular formula is C15H28N2O4. The molecule has 1 atom stereocenters. The van der Waals surface area contributed by atoms with Crippen molar-refractivity contribution in [1.29, 1.82) is 0 Å². The van der Waals surface area contributed by atoms with Gasteiger partial charge in [0.2, 0.25) is 11.8 Å². The van der Waals surface area contributed by atoms with Crippen LogP contribution in [0.5, 0.6) is 0 Å². The number of hydrogen-bond donors (Lipinski definition) is 3. The van der Waals surface area contributed by atoms with Crippen LogP contribution < -0.4 is 10.8 Å². The van der Waals surface area contributed by atoms with Crippen LogP contribution in [-0.4, -0.2) is 36.8 Å². The summed E-state index contributed by atoms with van der Waals surface area (Å²) in [6, 6.07) is 0. The summed E-state index contributed by atoms with van der Waals surface area (Å²) in [4.78, 5) is 23.2. The van der Waals surface area contributed by atoms with Gasteiger partial charge in [-0.2, -0.15) is 0 Å². The lowest BCUT2D eigenvalue weighted by Crippen LogP contribution is -2.36. The minimum atomic E-state index is -0.536. The second-order valence-corrected chi connectivity index (χ2v) is 4.88. The van der Waals surface area contributed by atoms with Gasteiger partial charge in [-0.1, -0.05) is 19.6 Å². The predicted molar refractivity (Wildman–Crippen MR) is 80.8 cm³/mol. The van der Waals surface area contributed by atoms with E-state index in [9.17, 15) is 9.59 Å². The molecular weight excluding hydrogens is 272 g/mol. The maximum Gasteiger partial charge on any atom is 0.244 e. The van der Waals surface area contributed by atoms with E-state index in [0.717, 1.165) is 25.7 Å². The Morgan fingerprint density at radius 2 is 2.10 bits per heavy atom. The molecule has 0 saturated carbocycles. The molecule has 0 spiro atoms. The van der Waals surface area contributed by atoms with Gasteiger partial charge in [0.05, 0.1) is 6.61 Å². The van der Waals surface area contributed by atoms with Gasteiger partial charge < -0.3 is 10.1 Å². The predicted octanol–water partition coefficient (Wildman–Crippen LogP) is 1.79. The standard InChI is InChI=1S/C14H24N2O4.CH4/c17-13(16-19)11-12-7-5-3-1-2-4-6-9-20-10-8-15-14(12)18;/h1,3,12,19H,2,4-11H2,(H,15,18)(H,16,17);1H4. The summed E-state index contributed by atoms with van der Waals surface area (Å²) in [7, 11) is 0. The van der Waals surface area contributed by atoms with Crippen molar-refractivity contribution in [3.63, 3.8) is 0 Å². The fourth-order valence-corrected chi connectivity index (χ4v) is 2.09.